The van der Waals surface area contributed by atoms with Crippen LogP contribution >= 0.6 is 23.7 Å². The molecule has 2 aromatic rings. The Morgan fingerprint density at radius 2 is 2.03 bits per heavy atom. The molecular formula is C22H32ClN5O2S. The lowest BCUT2D eigenvalue weighted by Gasteiger charge is -2.34. The molecule has 1 aromatic carbocycles. The minimum Gasteiger partial charge on any atom is -0.347 e. The van der Waals surface area contributed by atoms with Crippen molar-refractivity contribution in [3.05, 3.63) is 34.5 Å². The van der Waals surface area contributed by atoms with Gasteiger partial charge in [0.2, 0.25) is 0 Å². The van der Waals surface area contributed by atoms with Crippen molar-refractivity contribution in [1.29, 1.82) is 5.26 Å². The Morgan fingerprint density at radius 3 is 2.61 bits per heavy atom. The van der Waals surface area contributed by atoms with Crippen molar-refractivity contribution in [2.75, 3.05) is 20.1 Å². The summed E-state index contributed by atoms with van der Waals surface area (Å²) in [5, 5.41) is 14.1. The van der Waals surface area contributed by atoms with Crippen molar-refractivity contribution in [1.82, 2.24) is 18.9 Å². The summed E-state index contributed by atoms with van der Waals surface area (Å²) < 4.78 is 6.98. The van der Waals surface area contributed by atoms with Gasteiger partial charge in [0.1, 0.15) is 12.0 Å². The molecular weight excluding hydrogens is 434 g/mol. The van der Waals surface area contributed by atoms with Crippen LogP contribution in [-0.4, -0.2) is 47.2 Å². The summed E-state index contributed by atoms with van der Waals surface area (Å²) in [6, 6.07) is 7.92. The highest BCUT2D eigenvalue weighted by atomic mass is 35.5. The fraction of sp³-hybridized carbons (Fsp3) is 0.500. The van der Waals surface area contributed by atoms with Crippen LogP contribution in [0.25, 0.3) is 10.9 Å². The maximum Gasteiger partial charge on any atom is 0.268 e. The van der Waals surface area contributed by atoms with Crippen LogP contribution in [0.5, 0.6) is 0 Å². The van der Waals surface area contributed by atoms with Gasteiger partial charge in [-0.15, -0.1) is 0 Å². The third-order valence-corrected chi connectivity index (χ3v) is 6.14. The Kier molecular flexibility index (Phi) is 11.6. The highest BCUT2D eigenvalue weighted by Crippen LogP contribution is 2.29. The zero-order valence-electron chi connectivity index (χ0n) is 19.0. The summed E-state index contributed by atoms with van der Waals surface area (Å²) in [5.74, 6) is -0.411. The molecule has 31 heavy (non-hydrogen) atoms. The largest absolute Gasteiger partial charge is 0.347 e. The zero-order chi connectivity index (χ0) is 23.6. The Morgan fingerprint density at radius 1 is 1.39 bits per heavy atom. The van der Waals surface area contributed by atoms with Gasteiger partial charge in [-0.05, 0) is 45.0 Å². The quantitative estimate of drug-likeness (QED) is 0.522. The number of piperidine rings is 1. The Labute approximate surface area is 194 Å². The van der Waals surface area contributed by atoms with Crippen molar-refractivity contribution in [3.63, 3.8) is 0 Å². The molecule has 0 saturated carbocycles. The minimum atomic E-state index is -0.242. The molecule has 1 aliphatic heterocycles. The molecule has 1 saturated heterocycles. The molecule has 2 unspecified atom stereocenters. The van der Waals surface area contributed by atoms with Crippen molar-refractivity contribution in [3.8, 4) is 6.07 Å². The number of hydrogen-bond acceptors (Lipinski definition) is 6. The van der Waals surface area contributed by atoms with E-state index in [4.69, 9.17) is 16.4 Å². The van der Waals surface area contributed by atoms with Crippen molar-refractivity contribution in [2.24, 2.45) is 13.0 Å². The van der Waals surface area contributed by atoms with Crippen LogP contribution in [-0.2, 0) is 11.8 Å². The normalized spacial score (nSPS) is 18.1. The lowest BCUT2D eigenvalue weighted by molar-refractivity contribution is -0.106. The maximum atomic E-state index is 12.9. The van der Waals surface area contributed by atoms with E-state index in [2.05, 4.69) is 20.4 Å². The summed E-state index contributed by atoms with van der Waals surface area (Å²) in [5.41, 5.74) is 2.45. The molecule has 1 amide bonds. The molecule has 0 spiro atoms. The van der Waals surface area contributed by atoms with Gasteiger partial charge >= 0.3 is 0 Å². The van der Waals surface area contributed by atoms with Gasteiger partial charge in [0.15, 0.2) is 0 Å². The Balaban J connectivity index is 0.000000884. The van der Waals surface area contributed by atoms with E-state index in [1.165, 1.54) is 19.1 Å². The van der Waals surface area contributed by atoms with E-state index in [1.807, 2.05) is 57.6 Å². The van der Waals surface area contributed by atoms with Crippen LogP contribution in [0.2, 0.25) is 5.02 Å². The minimum absolute atomic E-state index is 0.156. The van der Waals surface area contributed by atoms with Crippen LogP contribution in [0.1, 0.15) is 43.2 Å². The van der Waals surface area contributed by atoms with Crippen LogP contribution in [0.3, 0.4) is 0 Å². The summed E-state index contributed by atoms with van der Waals surface area (Å²) in [4.78, 5) is 21.7. The third-order valence-electron chi connectivity index (χ3n) is 4.86. The molecule has 9 heteroatoms. The van der Waals surface area contributed by atoms with Gasteiger partial charge in [-0.3, -0.25) is 9.52 Å². The van der Waals surface area contributed by atoms with E-state index >= 15 is 0 Å². The third kappa shape index (κ3) is 6.71. The van der Waals surface area contributed by atoms with Gasteiger partial charge in [0.25, 0.3) is 5.91 Å². The lowest BCUT2D eigenvalue weighted by Crippen LogP contribution is -2.49. The molecule has 0 aliphatic carbocycles. The van der Waals surface area contributed by atoms with Crippen molar-refractivity contribution >= 4 is 46.8 Å². The Bertz CT molecular complexity index is 925. The molecule has 1 aromatic heterocycles. The molecule has 170 valence electrons. The highest BCUT2D eigenvalue weighted by molar-refractivity contribution is 7.95. The van der Waals surface area contributed by atoms with Crippen LogP contribution in [0.15, 0.2) is 18.2 Å². The second-order valence-corrected chi connectivity index (χ2v) is 8.23. The molecule has 2 atom stereocenters. The number of rotatable bonds is 4. The van der Waals surface area contributed by atoms with Crippen LogP contribution in [0, 0.1) is 24.2 Å². The second-order valence-electron chi connectivity index (χ2n) is 6.74. The number of hydrogen-bond donors (Lipinski definition) is 2. The van der Waals surface area contributed by atoms with E-state index in [-0.39, 0.29) is 17.9 Å². The predicted molar refractivity (Wildman–Crippen MR) is 129 cm³/mol. The van der Waals surface area contributed by atoms with Gasteiger partial charge in [0, 0.05) is 49.2 Å². The number of fused-ring (bicyclic) bond motifs is 1. The summed E-state index contributed by atoms with van der Waals surface area (Å²) in [7, 11) is 3.71. The lowest BCUT2D eigenvalue weighted by atomic mass is 9.94. The number of aromatic nitrogens is 1. The fourth-order valence-corrected chi connectivity index (χ4v) is 4.29. The standard InChI is InChI=1S/C18H22ClN5OS.C2H4O.C2H6/c1-11-4-5-15-13(17(11)19)8-16(23(15)3)18(25)22-14-6-7-24(26-21-2)10-12(14)9-20;1-2-3;1-2/h4-5,8,12,14,21H,6-7,10H2,1-3H3,(H,22,25);2H,1H3;1-2H3. The average Bonchev–Trinajstić information content (AvgIpc) is 3.11. The van der Waals surface area contributed by atoms with E-state index < -0.39 is 0 Å². The molecule has 1 aliphatic rings. The molecule has 0 bridgehead atoms. The van der Waals surface area contributed by atoms with Crippen LogP contribution < -0.4 is 10.0 Å². The van der Waals surface area contributed by atoms with Gasteiger partial charge in [-0.1, -0.05) is 31.5 Å². The van der Waals surface area contributed by atoms with E-state index in [9.17, 15) is 10.1 Å². The number of aldehydes is 1. The average molecular weight is 466 g/mol. The number of nitrogens with one attached hydrogen (secondary N) is 2. The van der Waals surface area contributed by atoms with Gasteiger partial charge < -0.3 is 14.7 Å². The number of nitrogens with zero attached hydrogens (tertiary/aromatic N) is 3. The topological polar surface area (TPSA) is 90.2 Å². The first-order valence-electron chi connectivity index (χ1n) is 10.3. The summed E-state index contributed by atoms with van der Waals surface area (Å²) >= 11 is 7.90. The summed E-state index contributed by atoms with van der Waals surface area (Å²) in [6.45, 7) is 8.82. The number of carbonyl (C=O) groups is 2. The van der Waals surface area contributed by atoms with E-state index in [1.54, 1.807) is 0 Å². The first-order valence-corrected chi connectivity index (χ1v) is 11.5. The molecule has 1 fully saturated rings. The van der Waals surface area contributed by atoms with E-state index in [0.29, 0.717) is 17.3 Å². The first kappa shape index (κ1) is 27.0. The van der Waals surface area contributed by atoms with Gasteiger partial charge in [0.05, 0.1) is 17.0 Å². The molecule has 7 nitrogen and oxygen atoms in total. The monoisotopic (exact) mass is 465 g/mol. The number of aryl methyl sites for hydroxylation is 2. The van der Waals surface area contributed by atoms with Gasteiger partial charge in [-0.25, -0.2) is 4.31 Å². The smallest absolute Gasteiger partial charge is 0.268 e. The zero-order valence-corrected chi connectivity index (χ0v) is 20.6. The van der Waals surface area contributed by atoms with Crippen molar-refractivity contribution < 1.29 is 9.59 Å². The fourth-order valence-electron chi connectivity index (χ4n) is 3.38. The number of benzene rings is 1. The number of carbonyl (C=O) groups excluding carboxylic acids is 2. The number of nitriles is 1. The van der Waals surface area contributed by atoms with Gasteiger partial charge in [-0.2, -0.15) is 5.26 Å². The van der Waals surface area contributed by atoms with Crippen LogP contribution in [0.4, 0.5) is 0 Å². The number of halogens is 1. The molecule has 2 heterocycles. The SMILES string of the molecule is CC.CC=O.CNSN1CCC(NC(=O)c2cc3c(Cl)c(C)ccc3n2C)C(C#N)C1. The first-order chi connectivity index (χ1) is 14.9. The highest BCUT2D eigenvalue weighted by Gasteiger charge is 2.31. The molecule has 0 radical (unpaired) electrons. The Hall–Kier alpha value is -2.05. The van der Waals surface area contributed by atoms with E-state index in [0.717, 1.165) is 35.7 Å². The van der Waals surface area contributed by atoms with Crippen molar-refractivity contribution in [2.45, 2.75) is 40.2 Å². The predicted octanol–water partition coefficient (Wildman–Crippen LogP) is 4.10. The number of amides is 1. The maximum absolute atomic E-state index is 12.9. The molecule has 3 rings (SSSR count). The summed E-state index contributed by atoms with van der Waals surface area (Å²) in [6.07, 6.45) is 1.49. The second kappa shape index (κ2) is 13.4. The molecule has 2 N–H and O–H groups in total.